The Morgan fingerprint density at radius 2 is 1.62 bits per heavy atom. The van der Waals surface area contributed by atoms with E-state index in [1.807, 2.05) is 54.6 Å². The molecule has 1 aliphatic rings. The molecule has 0 bridgehead atoms. The van der Waals surface area contributed by atoms with Gasteiger partial charge in [0.1, 0.15) is 5.82 Å². The van der Waals surface area contributed by atoms with Crippen molar-refractivity contribution in [2.24, 2.45) is 0 Å². The van der Waals surface area contributed by atoms with E-state index >= 15 is 0 Å². The van der Waals surface area contributed by atoms with Crippen molar-refractivity contribution in [2.75, 3.05) is 31.1 Å². The van der Waals surface area contributed by atoms with Gasteiger partial charge in [-0.1, -0.05) is 60.1 Å². The molecule has 9 heteroatoms. The average Bonchev–Trinajstić information content (AvgIpc) is 3.29. The number of rotatable bonds is 5. The monoisotopic (exact) mass is 484 g/mol. The van der Waals surface area contributed by atoms with Gasteiger partial charge in [0.25, 0.3) is 0 Å². The Morgan fingerprint density at radius 3 is 2.41 bits per heavy atom. The first-order chi connectivity index (χ1) is 15.5. The van der Waals surface area contributed by atoms with Gasteiger partial charge >= 0.3 is 0 Å². The van der Waals surface area contributed by atoms with Gasteiger partial charge in [-0.05, 0) is 29.1 Å². The number of halogens is 1. The molecular weight excluding hydrogens is 464 g/mol. The number of fused-ring (bicyclic) bond motifs is 1. The van der Waals surface area contributed by atoms with Gasteiger partial charge in [0.15, 0.2) is 0 Å². The lowest BCUT2D eigenvalue weighted by Crippen LogP contribution is -2.48. The van der Waals surface area contributed by atoms with Crippen LogP contribution < -0.4 is 4.90 Å². The number of nitrogens with zero attached hydrogens (tertiary/aromatic N) is 4. The summed E-state index contributed by atoms with van der Waals surface area (Å²) in [6, 6.07) is 20.7. The van der Waals surface area contributed by atoms with E-state index in [0.29, 0.717) is 42.5 Å². The van der Waals surface area contributed by atoms with E-state index in [0.717, 1.165) is 27.3 Å². The number of benzene rings is 3. The summed E-state index contributed by atoms with van der Waals surface area (Å²) in [7, 11) is -3.57. The minimum Gasteiger partial charge on any atom is -0.344 e. The van der Waals surface area contributed by atoms with E-state index in [1.165, 1.54) is 11.5 Å². The van der Waals surface area contributed by atoms with Crippen molar-refractivity contribution in [3.63, 3.8) is 0 Å². The third-order valence-corrected chi connectivity index (χ3v) is 8.63. The molecule has 1 aromatic heterocycles. The van der Waals surface area contributed by atoms with Gasteiger partial charge in [-0.2, -0.15) is 8.68 Å². The highest BCUT2D eigenvalue weighted by Crippen LogP contribution is 2.28. The summed E-state index contributed by atoms with van der Waals surface area (Å²) in [5.41, 5.74) is 1.10. The Morgan fingerprint density at radius 1 is 0.906 bits per heavy atom. The number of sulfonamides is 1. The first kappa shape index (κ1) is 21.3. The quantitative estimate of drug-likeness (QED) is 0.419. The molecule has 2 heterocycles. The van der Waals surface area contributed by atoms with Crippen LogP contribution in [0.3, 0.4) is 0 Å². The third-order valence-electron chi connectivity index (χ3n) is 5.61. The molecule has 0 atom stereocenters. The minimum absolute atomic E-state index is 0.366. The fourth-order valence-corrected chi connectivity index (χ4v) is 6.41. The Balaban J connectivity index is 1.28. The van der Waals surface area contributed by atoms with Crippen LogP contribution in [0, 0.1) is 0 Å². The van der Waals surface area contributed by atoms with Crippen molar-refractivity contribution >= 4 is 49.1 Å². The van der Waals surface area contributed by atoms with E-state index in [4.69, 9.17) is 11.6 Å². The lowest BCUT2D eigenvalue weighted by atomic mass is 10.1. The molecular formula is C23H21ClN4O2S2. The summed E-state index contributed by atoms with van der Waals surface area (Å²) >= 11 is 7.31. The molecule has 0 N–H and O–H groups in total. The molecule has 0 amide bonds. The van der Waals surface area contributed by atoms with Crippen LogP contribution in [-0.2, 0) is 16.4 Å². The lowest BCUT2D eigenvalue weighted by molar-refractivity contribution is 0.385. The predicted molar refractivity (Wildman–Crippen MR) is 129 cm³/mol. The van der Waals surface area contributed by atoms with Crippen LogP contribution in [0.25, 0.3) is 10.8 Å². The summed E-state index contributed by atoms with van der Waals surface area (Å²) in [6.07, 6.45) is 0.642. The highest BCUT2D eigenvalue weighted by atomic mass is 35.5. The van der Waals surface area contributed by atoms with Crippen LogP contribution in [-0.4, -0.2) is 48.3 Å². The number of piperazine rings is 1. The van der Waals surface area contributed by atoms with Gasteiger partial charge in [-0.3, -0.25) is 0 Å². The maximum atomic E-state index is 13.3. The Bertz CT molecular complexity index is 1340. The molecule has 4 aromatic rings. The molecule has 0 spiro atoms. The summed E-state index contributed by atoms with van der Waals surface area (Å²) in [4.78, 5) is 7.15. The summed E-state index contributed by atoms with van der Waals surface area (Å²) in [6.45, 7) is 1.99. The van der Waals surface area contributed by atoms with Gasteiger partial charge in [-0.25, -0.2) is 13.4 Å². The Labute approximate surface area is 196 Å². The molecule has 6 nitrogen and oxygen atoms in total. The normalized spacial score (nSPS) is 15.3. The lowest BCUT2D eigenvalue weighted by Gasteiger charge is -2.33. The van der Waals surface area contributed by atoms with Crippen molar-refractivity contribution in [3.05, 3.63) is 83.1 Å². The maximum Gasteiger partial charge on any atom is 0.243 e. The predicted octanol–water partition coefficient (Wildman–Crippen LogP) is 4.45. The van der Waals surface area contributed by atoms with Gasteiger partial charge in [0.2, 0.25) is 15.2 Å². The van der Waals surface area contributed by atoms with E-state index in [1.54, 1.807) is 16.4 Å². The van der Waals surface area contributed by atoms with Gasteiger partial charge in [-0.15, -0.1) is 0 Å². The van der Waals surface area contributed by atoms with Crippen LogP contribution >= 0.6 is 23.1 Å². The highest BCUT2D eigenvalue weighted by Gasteiger charge is 2.30. The number of hydrogen-bond donors (Lipinski definition) is 0. The van der Waals surface area contributed by atoms with Crippen LogP contribution in [0.2, 0.25) is 5.02 Å². The van der Waals surface area contributed by atoms with Gasteiger partial charge < -0.3 is 4.90 Å². The molecule has 5 rings (SSSR count). The van der Waals surface area contributed by atoms with Crippen molar-refractivity contribution < 1.29 is 8.42 Å². The first-order valence-corrected chi connectivity index (χ1v) is 12.9. The summed E-state index contributed by atoms with van der Waals surface area (Å²) in [5, 5.41) is 3.22. The van der Waals surface area contributed by atoms with Gasteiger partial charge in [0.05, 0.1) is 4.90 Å². The highest BCUT2D eigenvalue weighted by molar-refractivity contribution is 7.89. The minimum atomic E-state index is -3.57. The molecule has 0 aliphatic carbocycles. The van der Waals surface area contributed by atoms with Crippen molar-refractivity contribution in [3.8, 4) is 0 Å². The number of anilines is 1. The largest absolute Gasteiger partial charge is 0.344 e. The summed E-state index contributed by atoms with van der Waals surface area (Å²) < 4.78 is 32.7. The van der Waals surface area contributed by atoms with Crippen LogP contribution in [0.15, 0.2) is 71.6 Å². The number of aromatic nitrogens is 2. The topological polar surface area (TPSA) is 66.4 Å². The average molecular weight is 485 g/mol. The van der Waals surface area contributed by atoms with Crippen LogP contribution in [0.1, 0.15) is 11.4 Å². The molecule has 3 aromatic carbocycles. The Kier molecular flexibility index (Phi) is 5.86. The van der Waals surface area contributed by atoms with E-state index in [2.05, 4.69) is 14.3 Å². The number of hydrogen-bond acceptors (Lipinski definition) is 6. The second kappa shape index (κ2) is 8.78. The Hall–Kier alpha value is -2.52. The molecule has 0 radical (unpaired) electrons. The van der Waals surface area contributed by atoms with Crippen LogP contribution in [0.5, 0.6) is 0 Å². The van der Waals surface area contributed by atoms with E-state index < -0.39 is 10.0 Å². The SMILES string of the molecule is O=S(=O)(c1cccc2ccccc12)N1CCN(c2nc(Cc3ccc(Cl)cc3)ns2)CC1. The second-order valence-corrected chi connectivity index (χ2v) is 10.7. The first-order valence-electron chi connectivity index (χ1n) is 10.3. The molecule has 0 unspecified atom stereocenters. The van der Waals surface area contributed by atoms with E-state index in [9.17, 15) is 8.42 Å². The zero-order valence-corrected chi connectivity index (χ0v) is 19.6. The zero-order valence-electron chi connectivity index (χ0n) is 17.2. The van der Waals surface area contributed by atoms with Crippen molar-refractivity contribution in [2.45, 2.75) is 11.3 Å². The molecule has 1 saturated heterocycles. The second-order valence-electron chi connectivity index (χ2n) is 7.66. The maximum absolute atomic E-state index is 13.3. The van der Waals surface area contributed by atoms with Crippen molar-refractivity contribution in [1.29, 1.82) is 0 Å². The fourth-order valence-electron chi connectivity index (χ4n) is 3.91. The molecule has 1 aliphatic heterocycles. The van der Waals surface area contributed by atoms with E-state index in [-0.39, 0.29) is 0 Å². The van der Waals surface area contributed by atoms with Crippen LogP contribution in [0.4, 0.5) is 5.13 Å². The fraction of sp³-hybridized carbons (Fsp3) is 0.217. The third kappa shape index (κ3) is 4.23. The van der Waals surface area contributed by atoms with Gasteiger partial charge in [0, 0.05) is 54.5 Å². The molecule has 1 fully saturated rings. The molecule has 32 heavy (non-hydrogen) atoms. The molecule has 164 valence electrons. The summed E-state index contributed by atoms with van der Waals surface area (Å²) in [5.74, 6) is 0.762. The zero-order chi connectivity index (χ0) is 22.1. The van der Waals surface area contributed by atoms with Crippen molar-refractivity contribution in [1.82, 2.24) is 13.7 Å². The molecule has 0 saturated carbocycles. The standard InChI is InChI=1S/C23H21ClN4O2S2/c24-19-10-8-17(9-11-19)16-22-25-23(31-26-22)27-12-14-28(15-13-27)32(29,30)21-7-3-5-18-4-1-2-6-20(18)21/h1-11H,12-16H2. The smallest absolute Gasteiger partial charge is 0.243 e.